The molecule has 2 fully saturated rings. The van der Waals surface area contributed by atoms with E-state index in [1.807, 2.05) is 0 Å². The molecule has 3 nitrogen and oxygen atoms in total. The van der Waals surface area contributed by atoms with Gasteiger partial charge in [-0.15, -0.1) is 0 Å². The molecule has 0 amide bonds. The van der Waals surface area contributed by atoms with E-state index in [9.17, 15) is 0 Å². The summed E-state index contributed by atoms with van der Waals surface area (Å²) < 4.78 is 6.28. The number of hydrogen-bond acceptors (Lipinski definition) is 3. The number of piperidine rings is 2. The fraction of sp³-hybridized carbons (Fsp3) is 1.00. The minimum absolute atomic E-state index is 0.483. The van der Waals surface area contributed by atoms with Gasteiger partial charge in [0.2, 0.25) is 0 Å². The van der Waals surface area contributed by atoms with Crippen LogP contribution in [0.25, 0.3) is 0 Å². The number of nitrogens with one attached hydrogen (secondary N) is 2. The van der Waals surface area contributed by atoms with Crippen molar-refractivity contribution in [3.05, 3.63) is 0 Å². The molecule has 2 aliphatic heterocycles. The van der Waals surface area contributed by atoms with Gasteiger partial charge in [0.05, 0.1) is 12.2 Å². The van der Waals surface area contributed by atoms with Crippen LogP contribution in [0.5, 0.6) is 0 Å². The fourth-order valence-corrected chi connectivity index (χ4v) is 2.61. The summed E-state index contributed by atoms with van der Waals surface area (Å²) in [6.45, 7) is 9.06. The second-order valence-corrected chi connectivity index (χ2v) is 5.15. The van der Waals surface area contributed by atoms with E-state index >= 15 is 0 Å². The molecule has 2 rings (SSSR count). The molecular formula is C12H24N2O. The normalized spacial score (nSPS) is 42.8. The van der Waals surface area contributed by atoms with Gasteiger partial charge in [0.15, 0.2) is 0 Å². The van der Waals surface area contributed by atoms with Crippen molar-refractivity contribution < 1.29 is 4.74 Å². The van der Waals surface area contributed by atoms with Gasteiger partial charge in [-0.05, 0) is 37.8 Å². The largest absolute Gasteiger partial charge is 0.374 e. The zero-order chi connectivity index (χ0) is 10.7. The van der Waals surface area contributed by atoms with Crippen molar-refractivity contribution in [2.75, 3.05) is 26.2 Å². The molecule has 2 heterocycles. The van der Waals surface area contributed by atoms with Crippen molar-refractivity contribution in [1.82, 2.24) is 10.6 Å². The van der Waals surface area contributed by atoms with Gasteiger partial charge in [0.25, 0.3) is 0 Å². The first-order valence-corrected chi connectivity index (χ1v) is 6.34. The van der Waals surface area contributed by atoms with E-state index in [-0.39, 0.29) is 0 Å². The molecule has 0 unspecified atom stereocenters. The Kier molecular flexibility index (Phi) is 4.00. The number of ether oxygens (including phenoxy) is 1. The van der Waals surface area contributed by atoms with Gasteiger partial charge in [0.1, 0.15) is 0 Å². The lowest BCUT2D eigenvalue weighted by atomic mass is 9.94. The molecule has 15 heavy (non-hydrogen) atoms. The van der Waals surface area contributed by atoms with Gasteiger partial charge >= 0.3 is 0 Å². The summed E-state index contributed by atoms with van der Waals surface area (Å²) in [5.74, 6) is 1.33. The molecule has 0 saturated carbocycles. The third-order valence-electron chi connectivity index (χ3n) is 3.76. The standard InChI is InChI=1S/C12H24N2O/c1-9-7-13-5-3-11(9)15-12-4-6-14-8-10(12)2/h9-14H,3-8H2,1-2H3/t9-,10-,11-,12-/m0/s1. The SMILES string of the molecule is C[C@H]1CNCC[C@@H]1O[C@H]1CCNC[C@@H]1C. The van der Waals surface area contributed by atoms with Crippen LogP contribution in [0.4, 0.5) is 0 Å². The zero-order valence-corrected chi connectivity index (χ0v) is 9.96. The maximum Gasteiger partial charge on any atom is 0.0628 e. The maximum atomic E-state index is 6.28. The molecule has 2 saturated heterocycles. The Morgan fingerprint density at radius 1 is 0.867 bits per heavy atom. The molecule has 3 heteroatoms. The topological polar surface area (TPSA) is 33.3 Å². The minimum Gasteiger partial charge on any atom is -0.374 e. The first-order valence-electron chi connectivity index (χ1n) is 6.34. The average Bonchev–Trinajstić information content (AvgIpc) is 2.24. The van der Waals surface area contributed by atoms with Gasteiger partial charge in [-0.1, -0.05) is 13.8 Å². The van der Waals surface area contributed by atoms with E-state index in [1.165, 1.54) is 12.8 Å². The van der Waals surface area contributed by atoms with Crippen LogP contribution in [-0.4, -0.2) is 38.4 Å². The van der Waals surface area contributed by atoms with Crippen LogP contribution < -0.4 is 10.6 Å². The summed E-state index contributed by atoms with van der Waals surface area (Å²) in [5.41, 5.74) is 0. The Morgan fingerprint density at radius 2 is 1.33 bits per heavy atom. The van der Waals surface area contributed by atoms with Crippen LogP contribution in [-0.2, 0) is 4.74 Å². The molecule has 0 aliphatic carbocycles. The summed E-state index contributed by atoms with van der Waals surface area (Å²) in [4.78, 5) is 0. The first kappa shape index (κ1) is 11.4. The van der Waals surface area contributed by atoms with Crippen molar-refractivity contribution >= 4 is 0 Å². The molecule has 0 spiro atoms. The Bertz CT molecular complexity index is 178. The molecule has 88 valence electrons. The lowest BCUT2D eigenvalue weighted by Crippen LogP contribution is -2.46. The van der Waals surface area contributed by atoms with Gasteiger partial charge in [-0.25, -0.2) is 0 Å². The van der Waals surface area contributed by atoms with Gasteiger partial charge in [-0.3, -0.25) is 0 Å². The fourth-order valence-electron chi connectivity index (χ4n) is 2.61. The lowest BCUT2D eigenvalue weighted by Gasteiger charge is -2.37. The van der Waals surface area contributed by atoms with Crippen LogP contribution >= 0.6 is 0 Å². The Labute approximate surface area is 93.0 Å². The maximum absolute atomic E-state index is 6.28. The summed E-state index contributed by atoms with van der Waals surface area (Å²) in [5, 5.41) is 6.84. The lowest BCUT2D eigenvalue weighted by molar-refractivity contribution is -0.0813. The van der Waals surface area contributed by atoms with Gasteiger partial charge < -0.3 is 15.4 Å². The first-order chi connectivity index (χ1) is 7.27. The van der Waals surface area contributed by atoms with Crippen LogP contribution in [0, 0.1) is 11.8 Å². The highest BCUT2D eigenvalue weighted by Crippen LogP contribution is 2.22. The van der Waals surface area contributed by atoms with Crippen molar-refractivity contribution in [3.63, 3.8) is 0 Å². The highest BCUT2D eigenvalue weighted by molar-refractivity contribution is 4.81. The minimum atomic E-state index is 0.483. The van der Waals surface area contributed by atoms with Gasteiger partial charge in [-0.2, -0.15) is 0 Å². The van der Waals surface area contributed by atoms with Crippen LogP contribution in [0.2, 0.25) is 0 Å². The molecule has 2 aliphatic rings. The second kappa shape index (κ2) is 5.28. The smallest absolute Gasteiger partial charge is 0.0628 e. The summed E-state index contributed by atoms with van der Waals surface area (Å²) in [6, 6.07) is 0. The Morgan fingerprint density at radius 3 is 1.73 bits per heavy atom. The van der Waals surface area contributed by atoms with Crippen molar-refractivity contribution in [3.8, 4) is 0 Å². The van der Waals surface area contributed by atoms with Crippen molar-refractivity contribution in [1.29, 1.82) is 0 Å². The zero-order valence-electron chi connectivity index (χ0n) is 9.96. The Balaban J connectivity index is 1.83. The van der Waals surface area contributed by atoms with Crippen LogP contribution in [0.1, 0.15) is 26.7 Å². The average molecular weight is 212 g/mol. The second-order valence-electron chi connectivity index (χ2n) is 5.15. The Hall–Kier alpha value is -0.120. The third-order valence-corrected chi connectivity index (χ3v) is 3.76. The molecule has 4 atom stereocenters. The van der Waals surface area contributed by atoms with Crippen molar-refractivity contribution in [2.24, 2.45) is 11.8 Å². The summed E-state index contributed by atoms with van der Waals surface area (Å²) in [6.07, 6.45) is 3.32. The van der Waals surface area contributed by atoms with E-state index in [0.29, 0.717) is 24.0 Å². The third kappa shape index (κ3) is 2.92. The molecule has 0 radical (unpaired) electrons. The molecular weight excluding hydrogens is 188 g/mol. The van der Waals surface area contributed by atoms with Gasteiger partial charge in [0, 0.05) is 13.1 Å². The molecule has 0 bridgehead atoms. The molecule has 0 aromatic carbocycles. The number of hydrogen-bond donors (Lipinski definition) is 2. The van der Waals surface area contributed by atoms with E-state index in [4.69, 9.17) is 4.74 Å². The van der Waals surface area contributed by atoms with Crippen LogP contribution in [0.3, 0.4) is 0 Å². The summed E-state index contributed by atoms with van der Waals surface area (Å²) >= 11 is 0. The molecule has 2 N–H and O–H groups in total. The van der Waals surface area contributed by atoms with Crippen LogP contribution in [0.15, 0.2) is 0 Å². The predicted octanol–water partition coefficient (Wildman–Crippen LogP) is 0.999. The number of rotatable bonds is 2. The van der Waals surface area contributed by atoms with E-state index in [2.05, 4.69) is 24.5 Å². The predicted molar refractivity (Wildman–Crippen MR) is 62.0 cm³/mol. The quantitative estimate of drug-likeness (QED) is 0.716. The summed E-state index contributed by atoms with van der Waals surface area (Å²) in [7, 11) is 0. The van der Waals surface area contributed by atoms with E-state index < -0.39 is 0 Å². The molecule has 0 aromatic rings. The highest BCUT2D eigenvalue weighted by atomic mass is 16.5. The highest BCUT2D eigenvalue weighted by Gasteiger charge is 2.28. The van der Waals surface area contributed by atoms with Crippen molar-refractivity contribution in [2.45, 2.75) is 38.9 Å². The van der Waals surface area contributed by atoms with E-state index in [1.54, 1.807) is 0 Å². The monoisotopic (exact) mass is 212 g/mol. The van der Waals surface area contributed by atoms with E-state index in [0.717, 1.165) is 26.2 Å². The molecule has 0 aromatic heterocycles.